The minimum atomic E-state index is -1.26. The Morgan fingerprint density at radius 1 is 1.50 bits per heavy atom. The number of furan rings is 1. The highest BCUT2D eigenvalue weighted by Gasteiger charge is 2.27. The molecule has 0 bridgehead atoms. The number of aryl methyl sites for hydroxylation is 2. The van der Waals surface area contributed by atoms with Crippen LogP contribution < -0.4 is 10.6 Å². The Hall–Kier alpha value is -1.86. The molecule has 7 heteroatoms. The van der Waals surface area contributed by atoms with E-state index in [-0.39, 0.29) is 18.6 Å². The van der Waals surface area contributed by atoms with Gasteiger partial charge in [-0.2, -0.15) is 0 Å². The number of amides is 2. The summed E-state index contributed by atoms with van der Waals surface area (Å²) in [5.41, 5.74) is -0.322. The summed E-state index contributed by atoms with van der Waals surface area (Å²) in [4.78, 5) is 16.3. The zero-order chi connectivity index (χ0) is 16.3. The summed E-state index contributed by atoms with van der Waals surface area (Å²) in [6.07, 6.45) is 0. The van der Waals surface area contributed by atoms with Gasteiger partial charge in [-0.25, -0.2) is 9.78 Å². The molecular formula is C15H21N3O3S. The van der Waals surface area contributed by atoms with E-state index in [1.807, 2.05) is 19.2 Å². The van der Waals surface area contributed by atoms with E-state index in [1.54, 1.807) is 26.0 Å². The number of hydrogen-bond donors (Lipinski definition) is 3. The van der Waals surface area contributed by atoms with Crippen molar-refractivity contribution in [1.82, 2.24) is 15.6 Å². The number of nitrogens with one attached hydrogen (secondary N) is 2. The van der Waals surface area contributed by atoms with Crippen LogP contribution in [0.2, 0.25) is 0 Å². The molecule has 0 saturated heterocycles. The Bertz CT molecular complexity index is 648. The number of aromatic nitrogens is 1. The van der Waals surface area contributed by atoms with E-state index in [9.17, 15) is 9.90 Å². The maximum absolute atomic E-state index is 11.9. The van der Waals surface area contributed by atoms with Crippen molar-refractivity contribution in [1.29, 1.82) is 0 Å². The van der Waals surface area contributed by atoms with Crippen molar-refractivity contribution in [3.63, 3.8) is 0 Å². The highest BCUT2D eigenvalue weighted by Crippen LogP contribution is 2.22. The molecule has 0 aliphatic rings. The summed E-state index contributed by atoms with van der Waals surface area (Å²) in [6.45, 7) is 7.23. The molecule has 2 rings (SSSR count). The van der Waals surface area contributed by atoms with Gasteiger partial charge in [0.25, 0.3) is 0 Å². The molecule has 2 amide bonds. The zero-order valence-electron chi connectivity index (χ0n) is 13.1. The number of carbonyl (C=O) groups excluding carboxylic acids is 1. The van der Waals surface area contributed by atoms with Crippen molar-refractivity contribution in [2.75, 3.05) is 6.54 Å². The van der Waals surface area contributed by atoms with Gasteiger partial charge in [0.1, 0.15) is 22.1 Å². The third kappa shape index (κ3) is 4.08. The molecule has 2 heterocycles. The molecule has 0 saturated carbocycles. The van der Waals surface area contributed by atoms with Gasteiger partial charge in [0, 0.05) is 11.1 Å². The van der Waals surface area contributed by atoms with Crippen molar-refractivity contribution in [2.24, 2.45) is 0 Å². The molecule has 6 nitrogen and oxygen atoms in total. The second kappa shape index (κ2) is 6.50. The van der Waals surface area contributed by atoms with Gasteiger partial charge in [0.2, 0.25) is 0 Å². The molecular weight excluding hydrogens is 302 g/mol. The maximum atomic E-state index is 11.9. The summed E-state index contributed by atoms with van der Waals surface area (Å²) in [5, 5.41) is 18.6. The zero-order valence-corrected chi connectivity index (χ0v) is 14.0. The van der Waals surface area contributed by atoms with E-state index in [2.05, 4.69) is 15.6 Å². The van der Waals surface area contributed by atoms with E-state index in [0.717, 1.165) is 10.7 Å². The lowest BCUT2D eigenvalue weighted by atomic mass is 10.0. The fraction of sp³-hybridized carbons (Fsp3) is 0.467. The molecule has 0 aliphatic carbocycles. The first-order valence-electron chi connectivity index (χ1n) is 7.03. The average Bonchev–Trinajstić information content (AvgIpc) is 3.05. The quantitative estimate of drug-likeness (QED) is 0.789. The van der Waals surface area contributed by atoms with Crippen LogP contribution in [0.3, 0.4) is 0 Å². The summed E-state index contributed by atoms with van der Waals surface area (Å²) < 4.78 is 5.40. The third-order valence-corrected chi connectivity index (χ3v) is 4.36. The highest BCUT2D eigenvalue weighted by molar-refractivity contribution is 7.09. The standard InChI is InChI=1S/C15H21N3O3S/c1-9-7-22-13(17-9)11(3)18-14(19)16-8-15(4,20)12-6-5-10(2)21-12/h5-7,11,20H,8H2,1-4H3,(H2,16,18,19)/t11-,15-/m0/s1. The smallest absolute Gasteiger partial charge is 0.315 e. The minimum Gasteiger partial charge on any atom is -0.463 e. The largest absolute Gasteiger partial charge is 0.463 e. The number of thiazole rings is 1. The lowest BCUT2D eigenvalue weighted by molar-refractivity contribution is 0.0359. The van der Waals surface area contributed by atoms with Gasteiger partial charge in [0.05, 0.1) is 12.6 Å². The molecule has 0 unspecified atom stereocenters. The molecule has 0 radical (unpaired) electrons. The van der Waals surface area contributed by atoms with E-state index < -0.39 is 5.60 Å². The van der Waals surface area contributed by atoms with Gasteiger partial charge in [0.15, 0.2) is 0 Å². The maximum Gasteiger partial charge on any atom is 0.315 e. The van der Waals surface area contributed by atoms with Crippen molar-refractivity contribution in [2.45, 2.75) is 39.3 Å². The van der Waals surface area contributed by atoms with Crippen LogP contribution in [0.25, 0.3) is 0 Å². The summed E-state index contributed by atoms with van der Waals surface area (Å²) in [7, 11) is 0. The molecule has 0 spiro atoms. The Kier molecular flexibility index (Phi) is 4.87. The number of carbonyl (C=O) groups is 1. The van der Waals surface area contributed by atoms with Crippen LogP contribution in [-0.4, -0.2) is 22.7 Å². The lowest BCUT2D eigenvalue weighted by Crippen LogP contribution is -2.44. The summed E-state index contributed by atoms with van der Waals surface area (Å²) >= 11 is 1.50. The first kappa shape index (κ1) is 16.5. The Morgan fingerprint density at radius 2 is 2.23 bits per heavy atom. The van der Waals surface area contributed by atoms with Crippen LogP contribution in [0.15, 0.2) is 21.9 Å². The van der Waals surface area contributed by atoms with E-state index in [1.165, 1.54) is 11.3 Å². The predicted octanol–water partition coefficient (Wildman–Crippen LogP) is 2.62. The summed E-state index contributed by atoms with van der Waals surface area (Å²) in [5.74, 6) is 1.14. The summed E-state index contributed by atoms with van der Waals surface area (Å²) in [6, 6.07) is 2.94. The monoisotopic (exact) mass is 323 g/mol. The second-order valence-electron chi connectivity index (χ2n) is 5.56. The number of nitrogens with zero attached hydrogens (tertiary/aromatic N) is 1. The molecule has 3 N–H and O–H groups in total. The molecule has 0 aliphatic heterocycles. The number of hydrogen-bond acceptors (Lipinski definition) is 5. The Labute approximate surface area is 133 Å². The van der Waals surface area contributed by atoms with Crippen LogP contribution in [0.1, 0.15) is 42.1 Å². The fourth-order valence-electron chi connectivity index (χ4n) is 1.94. The normalized spacial score (nSPS) is 15.1. The first-order chi connectivity index (χ1) is 10.3. The number of aliphatic hydroxyl groups is 1. The lowest BCUT2D eigenvalue weighted by Gasteiger charge is -2.22. The van der Waals surface area contributed by atoms with E-state index in [4.69, 9.17) is 4.42 Å². The van der Waals surface area contributed by atoms with Crippen LogP contribution in [0.5, 0.6) is 0 Å². The van der Waals surface area contributed by atoms with Crippen LogP contribution >= 0.6 is 11.3 Å². The van der Waals surface area contributed by atoms with Gasteiger partial charge in [-0.15, -0.1) is 11.3 Å². The molecule has 2 atom stereocenters. The first-order valence-corrected chi connectivity index (χ1v) is 7.91. The SMILES string of the molecule is Cc1csc([C@H](C)NC(=O)NC[C@](C)(O)c2ccc(C)o2)n1. The van der Waals surface area contributed by atoms with Gasteiger partial charge in [-0.05, 0) is 39.8 Å². The molecule has 2 aromatic heterocycles. The molecule has 2 aromatic rings. The molecule has 0 aromatic carbocycles. The highest BCUT2D eigenvalue weighted by atomic mass is 32.1. The molecule has 0 fully saturated rings. The van der Waals surface area contributed by atoms with Crippen LogP contribution in [-0.2, 0) is 5.60 Å². The Morgan fingerprint density at radius 3 is 2.77 bits per heavy atom. The molecule has 22 heavy (non-hydrogen) atoms. The van der Waals surface area contributed by atoms with Crippen molar-refractivity contribution >= 4 is 17.4 Å². The predicted molar refractivity (Wildman–Crippen MR) is 84.8 cm³/mol. The third-order valence-electron chi connectivity index (χ3n) is 3.22. The number of urea groups is 1. The van der Waals surface area contributed by atoms with E-state index in [0.29, 0.717) is 11.5 Å². The van der Waals surface area contributed by atoms with Crippen molar-refractivity contribution in [3.8, 4) is 0 Å². The second-order valence-corrected chi connectivity index (χ2v) is 6.45. The fourth-order valence-corrected chi connectivity index (χ4v) is 2.75. The average molecular weight is 323 g/mol. The van der Waals surface area contributed by atoms with Crippen LogP contribution in [0.4, 0.5) is 4.79 Å². The molecule has 120 valence electrons. The van der Waals surface area contributed by atoms with Gasteiger partial charge in [-0.3, -0.25) is 0 Å². The van der Waals surface area contributed by atoms with Gasteiger partial charge >= 0.3 is 6.03 Å². The van der Waals surface area contributed by atoms with Crippen molar-refractivity contribution < 1.29 is 14.3 Å². The van der Waals surface area contributed by atoms with E-state index >= 15 is 0 Å². The Balaban J connectivity index is 1.87. The topological polar surface area (TPSA) is 87.4 Å². The minimum absolute atomic E-state index is 0.0510. The van der Waals surface area contributed by atoms with Crippen molar-refractivity contribution in [3.05, 3.63) is 39.7 Å². The van der Waals surface area contributed by atoms with Gasteiger partial charge < -0.3 is 20.2 Å². The van der Waals surface area contributed by atoms with Crippen LogP contribution in [0, 0.1) is 13.8 Å². The number of rotatable bonds is 5. The van der Waals surface area contributed by atoms with Gasteiger partial charge in [-0.1, -0.05) is 0 Å².